The van der Waals surface area contributed by atoms with Gasteiger partial charge in [0, 0.05) is 19.1 Å². The van der Waals surface area contributed by atoms with E-state index < -0.39 is 5.60 Å². The molecule has 0 spiro atoms. The summed E-state index contributed by atoms with van der Waals surface area (Å²) in [6, 6.07) is 8.01. The van der Waals surface area contributed by atoms with Crippen LogP contribution in [0.25, 0.3) is 0 Å². The number of ether oxygens (including phenoxy) is 4. The van der Waals surface area contributed by atoms with Crippen molar-refractivity contribution in [1.29, 1.82) is 0 Å². The molecular formula is C18H27NO5. The Balaban J connectivity index is 1.72. The molecule has 1 amide bonds. The second-order valence-corrected chi connectivity index (χ2v) is 6.83. The predicted octanol–water partition coefficient (Wildman–Crippen LogP) is 3.07. The molecule has 0 aromatic heterocycles. The van der Waals surface area contributed by atoms with Gasteiger partial charge in [-0.3, -0.25) is 0 Å². The zero-order valence-corrected chi connectivity index (χ0v) is 14.8. The highest BCUT2D eigenvalue weighted by atomic mass is 16.7. The lowest BCUT2D eigenvalue weighted by Crippen LogP contribution is -2.34. The fourth-order valence-corrected chi connectivity index (χ4v) is 2.30. The molecule has 0 radical (unpaired) electrons. The summed E-state index contributed by atoms with van der Waals surface area (Å²) in [5.41, 5.74) is 0.711. The Morgan fingerprint density at radius 3 is 2.54 bits per heavy atom. The SMILES string of the molecule is COCCOCOc1ccc(C2CC2NC(=O)OC(C)(C)C)cc1. The van der Waals surface area contributed by atoms with Crippen molar-refractivity contribution < 1.29 is 23.7 Å². The summed E-state index contributed by atoms with van der Waals surface area (Å²) in [5.74, 6) is 1.10. The fraction of sp³-hybridized carbons (Fsp3) is 0.611. The molecule has 2 unspecified atom stereocenters. The van der Waals surface area contributed by atoms with Crippen LogP contribution in [0.2, 0.25) is 0 Å². The fourth-order valence-electron chi connectivity index (χ4n) is 2.30. The highest BCUT2D eigenvalue weighted by molar-refractivity contribution is 5.69. The normalized spacial score (nSPS) is 19.7. The van der Waals surface area contributed by atoms with Crippen molar-refractivity contribution in [2.45, 2.75) is 44.8 Å². The van der Waals surface area contributed by atoms with Gasteiger partial charge in [-0.25, -0.2) is 4.79 Å². The molecule has 24 heavy (non-hydrogen) atoms. The first-order valence-corrected chi connectivity index (χ1v) is 8.18. The van der Waals surface area contributed by atoms with Crippen molar-refractivity contribution in [2.24, 2.45) is 0 Å². The Morgan fingerprint density at radius 1 is 1.21 bits per heavy atom. The van der Waals surface area contributed by atoms with Gasteiger partial charge in [-0.1, -0.05) is 12.1 Å². The Morgan fingerprint density at radius 2 is 1.92 bits per heavy atom. The molecule has 1 aromatic rings. The van der Waals surface area contributed by atoms with Gasteiger partial charge in [0.05, 0.1) is 13.2 Å². The number of amides is 1. The Kier molecular flexibility index (Phi) is 6.45. The number of rotatable bonds is 8. The third kappa shape index (κ3) is 6.37. The topological polar surface area (TPSA) is 66.0 Å². The van der Waals surface area contributed by atoms with E-state index in [1.165, 1.54) is 5.56 Å². The molecule has 6 nitrogen and oxygen atoms in total. The molecule has 0 bridgehead atoms. The predicted molar refractivity (Wildman–Crippen MR) is 90.3 cm³/mol. The van der Waals surface area contributed by atoms with Crippen molar-refractivity contribution in [2.75, 3.05) is 27.1 Å². The van der Waals surface area contributed by atoms with Gasteiger partial charge in [0.15, 0.2) is 6.79 Å². The first-order chi connectivity index (χ1) is 11.4. The van der Waals surface area contributed by atoms with E-state index in [1.54, 1.807) is 7.11 Å². The number of methoxy groups -OCH3 is 1. The van der Waals surface area contributed by atoms with Crippen molar-refractivity contribution in [3.8, 4) is 5.75 Å². The number of carbonyl (C=O) groups excluding carboxylic acids is 1. The zero-order valence-electron chi connectivity index (χ0n) is 14.8. The van der Waals surface area contributed by atoms with E-state index in [2.05, 4.69) is 5.32 Å². The highest BCUT2D eigenvalue weighted by Crippen LogP contribution is 2.41. The maximum absolute atomic E-state index is 11.8. The summed E-state index contributed by atoms with van der Waals surface area (Å²) in [4.78, 5) is 11.8. The molecule has 134 valence electrons. The number of alkyl carbamates (subject to hydrolysis) is 1. The quantitative estimate of drug-likeness (QED) is 0.583. The van der Waals surface area contributed by atoms with E-state index in [0.29, 0.717) is 19.1 Å². The standard InChI is InChI=1S/C18H27NO5/c1-18(2,3)24-17(20)19-16-11-15(16)13-5-7-14(8-6-13)23-12-22-10-9-21-4/h5-8,15-16H,9-12H2,1-4H3,(H,19,20). The van der Waals surface area contributed by atoms with Crippen LogP contribution < -0.4 is 10.1 Å². The van der Waals surface area contributed by atoms with Gasteiger partial charge in [0.2, 0.25) is 0 Å². The van der Waals surface area contributed by atoms with E-state index in [4.69, 9.17) is 18.9 Å². The molecule has 1 saturated carbocycles. The summed E-state index contributed by atoms with van der Waals surface area (Å²) >= 11 is 0. The summed E-state index contributed by atoms with van der Waals surface area (Å²) in [6.45, 7) is 6.83. The Bertz CT molecular complexity index is 523. The second kappa shape index (κ2) is 8.35. The monoisotopic (exact) mass is 337 g/mol. The molecule has 1 aromatic carbocycles. The molecule has 2 atom stereocenters. The number of carbonyl (C=O) groups is 1. The summed E-state index contributed by atoms with van der Waals surface area (Å²) in [5, 5.41) is 2.90. The van der Waals surface area contributed by atoms with Crippen LogP contribution in [0.1, 0.15) is 38.7 Å². The van der Waals surface area contributed by atoms with Gasteiger partial charge < -0.3 is 24.3 Å². The Labute approximate surface area is 143 Å². The van der Waals surface area contributed by atoms with Crippen LogP contribution in [0.3, 0.4) is 0 Å². The second-order valence-electron chi connectivity index (χ2n) is 6.83. The molecule has 0 heterocycles. The van der Waals surface area contributed by atoms with E-state index >= 15 is 0 Å². The van der Waals surface area contributed by atoms with E-state index in [9.17, 15) is 4.79 Å². The molecule has 1 aliphatic rings. The van der Waals surface area contributed by atoms with Crippen molar-refractivity contribution in [1.82, 2.24) is 5.32 Å². The van der Waals surface area contributed by atoms with Crippen LogP contribution in [-0.2, 0) is 14.2 Å². The Hall–Kier alpha value is -1.79. The molecule has 6 heteroatoms. The number of hydrogen-bond acceptors (Lipinski definition) is 5. The zero-order chi connectivity index (χ0) is 17.6. The minimum Gasteiger partial charge on any atom is -0.468 e. The molecular weight excluding hydrogens is 310 g/mol. The molecule has 0 aliphatic heterocycles. The third-order valence-corrected chi connectivity index (χ3v) is 3.54. The lowest BCUT2D eigenvalue weighted by Gasteiger charge is -2.19. The van der Waals surface area contributed by atoms with E-state index in [1.807, 2.05) is 45.0 Å². The lowest BCUT2D eigenvalue weighted by atomic mass is 10.1. The van der Waals surface area contributed by atoms with Gasteiger partial charge in [0.1, 0.15) is 11.4 Å². The molecule has 1 N–H and O–H groups in total. The van der Waals surface area contributed by atoms with Crippen LogP contribution in [0, 0.1) is 0 Å². The minimum absolute atomic E-state index is 0.143. The van der Waals surface area contributed by atoms with Gasteiger partial charge in [-0.2, -0.15) is 0 Å². The van der Waals surface area contributed by atoms with Crippen LogP contribution in [0.5, 0.6) is 5.75 Å². The first-order valence-electron chi connectivity index (χ1n) is 8.18. The smallest absolute Gasteiger partial charge is 0.407 e. The van der Waals surface area contributed by atoms with Crippen LogP contribution in [0.15, 0.2) is 24.3 Å². The number of benzene rings is 1. The van der Waals surface area contributed by atoms with E-state index in [0.717, 1.165) is 12.2 Å². The molecule has 2 rings (SSSR count). The maximum Gasteiger partial charge on any atom is 0.407 e. The average Bonchev–Trinajstić information content (AvgIpc) is 3.24. The van der Waals surface area contributed by atoms with E-state index in [-0.39, 0.29) is 18.9 Å². The average molecular weight is 337 g/mol. The minimum atomic E-state index is -0.473. The van der Waals surface area contributed by atoms with Crippen LogP contribution >= 0.6 is 0 Å². The van der Waals surface area contributed by atoms with Crippen LogP contribution in [-0.4, -0.2) is 44.9 Å². The van der Waals surface area contributed by atoms with Crippen LogP contribution in [0.4, 0.5) is 4.79 Å². The largest absolute Gasteiger partial charge is 0.468 e. The summed E-state index contributed by atoms with van der Waals surface area (Å²) in [6.07, 6.45) is 0.572. The molecule has 1 fully saturated rings. The first kappa shape index (κ1) is 18.5. The summed E-state index contributed by atoms with van der Waals surface area (Å²) < 4.78 is 20.9. The van der Waals surface area contributed by atoms with Crippen molar-refractivity contribution >= 4 is 6.09 Å². The van der Waals surface area contributed by atoms with Gasteiger partial charge in [-0.05, 0) is 44.9 Å². The van der Waals surface area contributed by atoms with Gasteiger partial charge in [0.25, 0.3) is 0 Å². The van der Waals surface area contributed by atoms with Crippen molar-refractivity contribution in [3.63, 3.8) is 0 Å². The maximum atomic E-state index is 11.8. The molecule has 1 aliphatic carbocycles. The highest BCUT2D eigenvalue weighted by Gasteiger charge is 2.40. The van der Waals surface area contributed by atoms with Gasteiger partial charge in [-0.15, -0.1) is 0 Å². The summed E-state index contributed by atoms with van der Waals surface area (Å²) in [7, 11) is 1.63. The third-order valence-electron chi connectivity index (χ3n) is 3.54. The number of hydrogen-bond donors (Lipinski definition) is 1. The number of nitrogens with one attached hydrogen (secondary N) is 1. The van der Waals surface area contributed by atoms with Crippen molar-refractivity contribution in [3.05, 3.63) is 29.8 Å². The van der Waals surface area contributed by atoms with Gasteiger partial charge >= 0.3 is 6.09 Å². The lowest BCUT2D eigenvalue weighted by molar-refractivity contribution is -0.00847. The molecule has 0 saturated heterocycles.